The Hall–Kier alpha value is -1.44. The van der Waals surface area contributed by atoms with Crippen molar-refractivity contribution in [1.82, 2.24) is 4.98 Å². The molecule has 1 heterocycles. The van der Waals surface area contributed by atoms with E-state index in [2.05, 4.69) is 9.72 Å². The van der Waals surface area contributed by atoms with Gasteiger partial charge in [-0.1, -0.05) is 0 Å². The summed E-state index contributed by atoms with van der Waals surface area (Å²) >= 11 is 0. The van der Waals surface area contributed by atoms with E-state index in [0.29, 0.717) is 6.20 Å². The zero-order valence-corrected chi connectivity index (χ0v) is 7.11. The van der Waals surface area contributed by atoms with Gasteiger partial charge >= 0.3 is 6.36 Å². The molecule has 0 bridgehead atoms. The number of rotatable bonds is 2. The van der Waals surface area contributed by atoms with E-state index in [1.54, 1.807) is 0 Å². The van der Waals surface area contributed by atoms with Crippen LogP contribution in [0.15, 0.2) is 6.20 Å². The Morgan fingerprint density at radius 3 is 2.40 bits per heavy atom. The lowest BCUT2D eigenvalue weighted by Crippen LogP contribution is -2.20. The van der Waals surface area contributed by atoms with Gasteiger partial charge in [0.05, 0.1) is 11.8 Å². The van der Waals surface area contributed by atoms with Gasteiger partial charge < -0.3 is 10.5 Å². The highest BCUT2D eigenvalue weighted by Crippen LogP contribution is 2.29. The van der Waals surface area contributed by atoms with E-state index in [0.717, 1.165) is 0 Å². The van der Waals surface area contributed by atoms with Crippen LogP contribution in [0.2, 0.25) is 0 Å². The molecule has 0 unspecified atom stereocenters. The summed E-state index contributed by atoms with van der Waals surface area (Å²) < 4.78 is 64.3. The summed E-state index contributed by atoms with van der Waals surface area (Å²) in [7, 11) is 0. The molecule has 1 aromatic heterocycles. The van der Waals surface area contributed by atoms with E-state index in [1.165, 1.54) is 0 Å². The van der Waals surface area contributed by atoms with Crippen LogP contribution in [-0.2, 0) is 6.54 Å². The van der Waals surface area contributed by atoms with Gasteiger partial charge in [-0.3, -0.25) is 0 Å². The lowest BCUT2D eigenvalue weighted by atomic mass is 10.2. The highest BCUT2D eigenvalue weighted by Gasteiger charge is 2.34. The highest BCUT2D eigenvalue weighted by molar-refractivity contribution is 5.32. The third kappa shape index (κ3) is 2.75. The Labute approximate surface area is 80.7 Å². The molecule has 1 rings (SSSR count). The van der Waals surface area contributed by atoms with Crippen molar-refractivity contribution in [1.29, 1.82) is 0 Å². The summed E-state index contributed by atoms with van der Waals surface area (Å²) in [5.41, 5.74) is 4.25. The second-order valence-electron chi connectivity index (χ2n) is 2.46. The van der Waals surface area contributed by atoms with Crippen LogP contribution in [0, 0.1) is 11.8 Å². The summed E-state index contributed by atoms with van der Waals surface area (Å²) in [6, 6.07) is 0. The van der Waals surface area contributed by atoms with E-state index in [9.17, 15) is 22.0 Å². The molecule has 3 nitrogen and oxygen atoms in total. The Morgan fingerprint density at radius 1 is 1.33 bits per heavy atom. The van der Waals surface area contributed by atoms with Crippen molar-refractivity contribution in [2.45, 2.75) is 12.9 Å². The predicted octanol–water partition coefficient (Wildman–Crippen LogP) is 1.72. The smallest absolute Gasteiger partial charge is 0.400 e. The van der Waals surface area contributed by atoms with Crippen LogP contribution in [0.4, 0.5) is 22.0 Å². The van der Waals surface area contributed by atoms with Gasteiger partial charge in [0.25, 0.3) is 5.95 Å². The minimum absolute atomic E-state index is 0.431. The van der Waals surface area contributed by atoms with E-state index >= 15 is 0 Å². The molecule has 84 valence electrons. The van der Waals surface area contributed by atoms with Crippen LogP contribution < -0.4 is 10.5 Å². The average molecular weight is 228 g/mol. The zero-order chi connectivity index (χ0) is 11.6. The van der Waals surface area contributed by atoms with E-state index in [-0.39, 0.29) is 0 Å². The van der Waals surface area contributed by atoms with Crippen molar-refractivity contribution in [3.63, 3.8) is 0 Å². The van der Waals surface area contributed by atoms with Gasteiger partial charge in [0.1, 0.15) is 5.82 Å². The fourth-order valence-electron chi connectivity index (χ4n) is 0.892. The standard InChI is InChI=1S/C7H5F5N2O/c8-4-2-14-6(9)5(3(4)1-13)15-7(10,11)12/h2H,1,13H2. The van der Waals surface area contributed by atoms with Crippen LogP contribution >= 0.6 is 0 Å². The van der Waals surface area contributed by atoms with Crippen molar-refractivity contribution >= 4 is 0 Å². The maximum absolute atomic E-state index is 12.8. The van der Waals surface area contributed by atoms with E-state index < -0.39 is 36.0 Å². The maximum atomic E-state index is 12.8. The third-order valence-electron chi connectivity index (χ3n) is 1.46. The van der Waals surface area contributed by atoms with Crippen LogP contribution in [0.5, 0.6) is 5.75 Å². The third-order valence-corrected chi connectivity index (χ3v) is 1.46. The van der Waals surface area contributed by atoms with Crippen molar-refractivity contribution in [3.8, 4) is 5.75 Å². The topological polar surface area (TPSA) is 48.1 Å². The SMILES string of the molecule is NCc1c(F)cnc(F)c1OC(F)(F)F. The summed E-state index contributed by atoms with van der Waals surface area (Å²) in [6.45, 7) is -0.628. The quantitative estimate of drug-likeness (QED) is 0.619. The molecule has 0 aliphatic rings. The van der Waals surface area contributed by atoms with Crippen LogP contribution in [0.1, 0.15) is 5.56 Å². The van der Waals surface area contributed by atoms with Crippen molar-refractivity contribution in [2.75, 3.05) is 0 Å². The zero-order valence-electron chi connectivity index (χ0n) is 7.11. The molecule has 0 amide bonds. The molecule has 0 atom stereocenters. The fraction of sp³-hybridized carbons (Fsp3) is 0.286. The molecule has 0 aliphatic carbocycles. The predicted molar refractivity (Wildman–Crippen MR) is 38.7 cm³/mol. The van der Waals surface area contributed by atoms with Crippen molar-refractivity contribution in [3.05, 3.63) is 23.5 Å². The molecule has 0 fully saturated rings. The molecule has 15 heavy (non-hydrogen) atoms. The Morgan fingerprint density at radius 2 is 1.93 bits per heavy atom. The largest absolute Gasteiger partial charge is 0.573 e. The monoisotopic (exact) mass is 228 g/mol. The summed E-state index contributed by atoms with van der Waals surface area (Å²) in [5, 5.41) is 0. The molecule has 0 saturated heterocycles. The maximum Gasteiger partial charge on any atom is 0.573 e. The summed E-state index contributed by atoms with van der Waals surface area (Å²) in [4.78, 5) is 2.75. The molecular weight excluding hydrogens is 223 g/mol. The number of ether oxygens (including phenoxy) is 1. The van der Waals surface area contributed by atoms with Crippen LogP contribution in [-0.4, -0.2) is 11.3 Å². The van der Waals surface area contributed by atoms with Crippen molar-refractivity contribution in [2.24, 2.45) is 5.73 Å². The second-order valence-corrected chi connectivity index (χ2v) is 2.46. The summed E-state index contributed by atoms with van der Waals surface area (Å²) in [5.74, 6) is -4.04. The number of nitrogens with two attached hydrogens (primary N) is 1. The van der Waals surface area contributed by atoms with Crippen molar-refractivity contribution < 1.29 is 26.7 Å². The number of hydrogen-bond donors (Lipinski definition) is 1. The van der Waals surface area contributed by atoms with Gasteiger partial charge in [-0.05, 0) is 0 Å². The molecule has 0 aromatic carbocycles. The van der Waals surface area contributed by atoms with Gasteiger partial charge in [0.2, 0.25) is 0 Å². The lowest BCUT2D eigenvalue weighted by Gasteiger charge is -2.12. The van der Waals surface area contributed by atoms with Gasteiger partial charge in [-0.25, -0.2) is 9.37 Å². The molecule has 0 aliphatic heterocycles. The number of alkyl halides is 3. The van der Waals surface area contributed by atoms with Crippen LogP contribution in [0.3, 0.4) is 0 Å². The number of aromatic nitrogens is 1. The normalized spacial score (nSPS) is 11.6. The second kappa shape index (κ2) is 3.97. The van der Waals surface area contributed by atoms with Gasteiger partial charge in [-0.2, -0.15) is 4.39 Å². The molecule has 0 saturated carbocycles. The first kappa shape index (κ1) is 11.6. The molecule has 2 N–H and O–H groups in total. The van der Waals surface area contributed by atoms with Gasteiger partial charge in [0.15, 0.2) is 5.75 Å². The lowest BCUT2D eigenvalue weighted by molar-refractivity contribution is -0.276. The van der Waals surface area contributed by atoms with Gasteiger partial charge in [0, 0.05) is 6.54 Å². The first-order chi connectivity index (χ1) is 6.85. The molecule has 8 heteroatoms. The number of pyridine rings is 1. The molecular formula is C7H5F5N2O. The average Bonchev–Trinajstić information content (AvgIpc) is 2.10. The minimum Gasteiger partial charge on any atom is -0.400 e. The number of nitrogens with zero attached hydrogens (tertiary/aromatic N) is 1. The number of halogens is 5. The Bertz CT molecular complexity index is 365. The van der Waals surface area contributed by atoms with E-state index in [4.69, 9.17) is 5.73 Å². The number of hydrogen-bond acceptors (Lipinski definition) is 3. The van der Waals surface area contributed by atoms with E-state index in [1.807, 2.05) is 0 Å². The molecule has 1 aromatic rings. The Balaban J connectivity index is 3.20. The Kier molecular flexibility index (Phi) is 3.08. The molecule has 0 radical (unpaired) electrons. The first-order valence-electron chi connectivity index (χ1n) is 3.64. The van der Waals surface area contributed by atoms with Gasteiger partial charge in [-0.15, -0.1) is 13.2 Å². The fourth-order valence-corrected chi connectivity index (χ4v) is 0.892. The van der Waals surface area contributed by atoms with Crippen LogP contribution in [0.25, 0.3) is 0 Å². The summed E-state index contributed by atoms with van der Waals surface area (Å²) in [6.07, 6.45) is -4.69. The molecule has 0 spiro atoms. The minimum atomic E-state index is -5.12. The highest BCUT2D eigenvalue weighted by atomic mass is 19.4. The first-order valence-corrected chi connectivity index (χ1v) is 3.64.